The Morgan fingerprint density at radius 2 is 1.87 bits per heavy atom. The van der Waals surface area contributed by atoms with Gasteiger partial charge in [0.15, 0.2) is 0 Å². The number of ether oxygens (including phenoxy) is 2. The first-order valence-corrected chi connectivity index (χ1v) is 6.18. The summed E-state index contributed by atoms with van der Waals surface area (Å²) < 4.78 is 11.2. The highest BCUT2D eigenvalue weighted by atomic mass is 16.5. The fraction of sp³-hybridized carbons (Fsp3) is 1.00. The van der Waals surface area contributed by atoms with Crippen LogP contribution in [0.15, 0.2) is 0 Å². The van der Waals surface area contributed by atoms with E-state index in [9.17, 15) is 0 Å². The first-order valence-electron chi connectivity index (χ1n) is 6.18. The maximum atomic E-state index is 5.82. The molecule has 2 aliphatic rings. The molecule has 0 radical (unpaired) electrons. The number of rotatable bonds is 1. The lowest BCUT2D eigenvalue weighted by Gasteiger charge is -2.36. The topological polar surface area (TPSA) is 30.5 Å². The molecule has 2 rings (SSSR count). The molecule has 1 atom stereocenters. The minimum absolute atomic E-state index is 0.00551. The predicted octanol–water partition coefficient (Wildman–Crippen LogP) is 2.31. The summed E-state index contributed by atoms with van der Waals surface area (Å²) in [6.07, 6.45) is 4.88. The van der Waals surface area contributed by atoms with Crippen LogP contribution in [0.5, 0.6) is 0 Å². The minimum Gasteiger partial charge on any atom is -0.381 e. The third-order valence-electron chi connectivity index (χ3n) is 3.19. The molecule has 0 aromatic rings. The van der Waals surface area contributed by atoms with Gasteiger partial charge < -0.3 is 9.47 Å². The monoisotopic (exact) mass is 215 g/mol. The van der Waals surface area contributed by atoms with Gasteiger partial charge in [0.05, 0.1) is 12.7 Å². The van der Waals surface area contributed by atoms with Gasteiger partial charge in [0.25, 0.3) is 0 Å². The third-order valence-corrected chi connectivity index (χ3v) is 3.19. The van der Waals surface area contributed by atoms with Gasteiger partial charge in [0.2, 0.25) is 0 Å². The molecule has 3 nitrogen and oxygen atoms in total. The van der Waals surface area contributed by atoms with E-state index in [0.717, 1.165) is 32.3 Å². The fourth-order valence-electron chi connectivity index (χ4n) is 2.40. The summed E-state index contributed by atoms with van der Waals surface area (Å²) in [5.74, 6) is 0. The van der Waals surface area contributed by atoms with Crippen LogP contribution in [0.3, 0.4) is 0 Å². The van der Waals surface area contributed by atoms with Crippen LogP contribution in [0.25, 0.3) is 0 Å². The normalized spacial score (nSPS) is 40.0. The van der Waals surface area contributed by atoms with Gasteiger partial charge in [-0.3, -0.25) is 5.32 Å². The Bertz CT molecular complexity index is 176. The van der Waals surface area contributed by atoms with Crippen LogP contribution in [0.4, 0.5) is 0 Å². The van der Waals surface area contributed by atoms with Crippen molar-refractivity contribution in [1.82, 2.24) is 5.32 Å². The van der Waals surface area contributed by atoms with Crippen molar-refractivity contribution in [2.24, 2.45) is 0 Å². The van der Waals surface area contributed by atoms with Crippen molar-refractivity contribution >= 4 is 0 Å². The molecular weight excluding hydrogens is 190 g/mol. The van der Waals surface area contributed by atoms with Crippen molar-refractivity contribution in [1.29, 1.82) is 0 Å². The van der Waals surface area contributed by atoms with Crippen LogP contribution in [-0.4, -0.2) is 31.6 Å². The summed E-state index contributed by atoms with van der Waals surface area (Å²) in [4.78, 5) is 0. The smallest absolute Gasteiger partial charge is 0.119 e. The minimum atomic E-state index is -0.00551. The van der Waals surface area contributed by atoms with E-state index in [4.69, 9.17) is 9.47 Å². The van der Waals surface area contributed by atoms with Gasteiger partial charge in [0.1, 0.15) is 5.72 Å². The molecule has 1 spiro atoms. The molecule has 0 aromatic carbocycles. The van der Waals surface area contributed by atoms with Crippen molar-refractivity contribution in [3.63, 3.8) is 0 Å². The van der Waals surface area contributed by atoms with Crippen molar-refractivity contribution in [2.45, 2.75) is 64.3 Å². The Labute approximate surface area is 93.5 Å². The van der Waals surface area contributed by atoms with E-state index >= 15 is 0 Å². The molecule has 0 bridgehead atoms. The zero-order valence-corrected chi connectivity index (χ0v) is 10.5. The Morgan fingerprint density at radius 3 is 2.27 bits per heavy atom. The summed E-state index contributed by atoms with van der Waals surface area (Å²) >= 11 is 0. The molecule has 0 amide bonds. The molecular formula is C12H25NO2. The highest BCUT2D eigenvalue weighted by Crippen LogP contribution is 2.33. The first kappa shape index (κ1) is 12.9. The van der Waals surface area contributed by atoms with Crippen LogP contribution in [0, 0.1) is 0 Å². The van der Waals surface area contributed by atoms with Crippen LogP contribution < -0.4 is 5.32 Å². The molecule has 1 unspecified atom stereocenters. The van der Waals surface area contributed by atoms with Crippen molar-refractivity contribution < 1.29 is 9.47 Å². The average Bonchev–Trinajstić information content (AvgIpc) is 2.64. The van der Waals surface area contributed by atoms with Gasteiger partial charge >= 0.3 is 0 Å². The second-order valence-corrected chi connectivity index (χ2v) is 4.29. The van der Waals surface area contributed by atoms with E-state index in [-0.39, 0.29) is 5.72 Å². The van der Waals surface area contributed by atoms with Gasteiger partial charge in [-0.2, -0.15) is 0 Å². The Morgan fingerprint density at radius 1 is 1.27 bits per heavy atom. The first-order chi connectivity index (χ1) is 7.24. The summed E-state index contributed by atoms with van der Waals surface area (Å²) in [5.41, 5.74) is -0.00551. The highest BCUT2D eigenvalue weighted by Gasteiger charge is 2.41. The van der Waals surface area contributed by atoms with Crippen molar-refractivity contribution in [3.8, 4) is 0 Å². The zero-order chi connectivity index (χ0) is 11.3. The van der Waals surface area contributed by atoms with E-state index in [1.807, 2.05) is 13.8 Å². The predicted molar refractivity (Wildman–Crippen MR) is 61.9 cm³/mol. The lowest BCUT2D eigenvalue weighted by molar-refractivity contribution is -0.0706. The molecule has 1 saturated carbocycles. The molecule has 15 heavy (non-hydrogen) atoms. The average molecular weight is 215 g/mol. The van der Waals surface area contributed by atoms with E-state index in [1.165, 1.54) is 0 Å². The lowest BCUT2D eigenvalue weighted by Crippen LogP contribution is -2.47. The maximum Gasteiger partial charge on any atom is 0.119 e. The fourth-order valence-corrected chi connectivity index (χ4v) is 2.40. The van der Waals surface area contributed by atoms with Crippen molar-refractivity contribution in [2.75, 3.05) is 13.7 Å². The van der Waals surface area contributed by atoms with Gasteiger partial charge in [0, 0.05) is 13.2 Å². The second kappa shape index (κ2) is 5.83. The van der Waals surface area contributed by atoms with Crippen LogP contribution in [0.2, 0.25) is 0 Å². The molecule has 0 aromatic heterocycles. The van der Waals surface area contributed by atoms with Crippen LogP contribution in [0.1, 0.15) is 46.5 Å². The summed E-state index contributed by atoms with van der Waals surface area (Å²) in [6, 6.07) is 0.513. The third kappa shape index (κ3) is 3.16. The molecule has 1 aliphatic carbocycles. The Hall–Kier alpha value is -0.120. The van der Waals surface area contributed by atoms with E-state index in [0.29, 0.717) is 12.1 Å². The Kier molecular flexibility index (Phi) is 5.03. The largest absolute Gasteiger partial charge is 0.381 e. The van der Waals surface area contributed by atoms with E-state index < -0.39 is 0 Å². The number of nitrogens with one attached hydrogen (secondary N) is 1. The highest BCUT2D eigenvalue weighted by molar-refractivity contribution is 4.91. The summed E-state index contributed by atoms with van der Waals surface area (Å²) in [6.45, 7) is 7.04. The Balaban J connectivity index is 0.000000531. The quantitative estimate of drug-likeness (QED) is 0.728. The SMILES string of the molecule is CC.COC1CCC2(CC1)NC(C)CO2. The van der Waals surface area contributed by atoms with Gasteiger partial charge in [-0.25, -0.2) is 0 Å². The number of hydrogen-bond acceptors (Lipinski definition) is 3. The number of methoxy groups -OCH3 is 1. The van der Waals surface area contributed by atoms with Gasteiger partial charge in [-0.1, -0.05) is 13.8 Å². The zero-order valence-electron chi connectivity index (χ0n) is 10.5. The molecule has 1 N–H and O–H groups in total. The van der Waals surface area contributed by atoms with E-state index in [2.05, 4.69) is 12.2 Å². The van der Waals surface area contributed by atoms with Crippen molar-refractivity contribution in [3.05, 3.63) is 0 Å². The lowest BCUT2D eigenvalue weighted by atomic mass is 9.89. The molecule has 1 saturated heterocycles. The standard InChI is InChI=1S/C10H19NO2.C2H6/c1-8-7-13-10(11-8)5-3-9(12-2)4-6-10;1-2/h8-9,11H,3-7H2,1-2H3;1-2H3. The van der Waals surface area contributed by atoms with Gasteiger partial charge in [-0.05, 0) is 32.6 Å². The molecule has 3 heteroatoms. The summed E-state index contributed by atoms with van der Waals surface area (Å²) in [5, 5.41) is 3.54. The summed E-state index contributed by atoms with van der Waals surface area (Å²) in [7, 11) is 1.80. The molecule has 90 valence electrons. The van der Waals surface area contributed by atoms with Crippen LogP contribution in [-0.2, 0) is 9.47 Å². The second-order valence-electron chi connectivity index (χ2n) is 4.29. The maximum absolute atomic E-state index is 5.82. The number of hydrogen-bond donors (Lipinski definition) is 1. The molecule has 2 fully saturated rings. The molecule has 1 heterocycles. The van der Waals surface area contributed by atoms with Gasteiger partial charge in [-0.15, -0.1) is 0 Å². The van der Waals surface area contributed by atoms with Crippen LogP contribution >= 0.6 is 0 Å². The molecule has 1 aliphatic heterocycles. The van der Waals surface area contributed by atoms with E-state index in [1.54, 1.807) is 7.11 Å².